The summed E-state index contributed by atoms with van der Waals surface area (Å²) in [6, 6.07) is 8.24. The molecule has 0 radical (unpaired) electrons. The molecule has 2 aromatic rings. The van der Waals surface area contributed by atoms with E-state index in [1.165, 1.54) is 15.0 Å². The van der Waals surface area contributed by atoms with Gasteiger partial charge in [0.2, 0.25) is 0 Å². The first-order valence-corrected chi connectivity index (χ1v) is 5.87. The van der Waals surface area contributed by atoms with E-state index in [2.05, 4.69) is 24.4 Å². The Hall–Kier alpha value is -0.570. The average molecular weight is 226 g/mol. The van der Waals surface area contributed by atoms with Crippen LogP contribution in [0.1, 0.15) is 11.8 Å². The Labute approximate surface area is 92.7 Å². The molecule has 0 aliphatic carbocycles. The predicted octanol–water partition coefficient (Wildman–Crippen LogP) is 3.66. The van der Waals surface area contributed by atoms with E-state index in [4.69, 9.17) is 11.6 Å². The Morgan fingerprint density at radius 1 is 1.36 bits per heavy atom. The third-order valence-electron chi connectivity index (χ3n) is 2.08. The lowest BCUT2D eigenvalue weighted by Crippen LogP contribution is -2.10. The Morgan fingerprint density at radius 3 is 3.00 bits per heavy atom. The number of benzene rings is 1. The number of hydrogen-bond donors (Lipinski definition) is 1. The highest BCUT2D eigenvalue weighted by atomic mass is 35.5. The molecule has 2 rings (SSSR count). The van der Waals surface area contributed by atoms with Crippen molar-refractivity contribution in [3.05, 3.63) is 34.2 Å². The maximum atomic E-state index is 5.92. The minimum absolute atomic E-state index is 0.810. The fourth-order valence-corrected chi connectivity index (χ4v) is 2.60. The van der Waals surface area contributed by atoms with E-state index < -0.39 is 0 Å². The molecule has 0 spiro atoms. The summed E-state index contributed by atoms with van der Waals surface area (Å²) in [5.74, 6) is 0. The zero-order chi connectivity index (χ0) is 9.97. The normalized spacial score (nSPS) is 11.0. The summed E-state index contributed by atoms with van der Waals surface area (Å²) >= 11 is 7.75. The molecule has 0 aliphatic heterocycles. The van der Waals surface area contributed by atoms with Crippen molar-refractivity contribution in [2.45, 2.75) is 13.5 Å². The van der Waals surface area contributed by atoms with Crippen molar-refractivity contribution in [3.63, 3.8) is 0 Å². The molecular formula is C11H12ClNS. The first-order chi connectivity index (χ1) is 6.79. The molecule has 1 nitrogen and oxygen atoms in total. The third-order valence-corrected chi connectivity index (χ3v) is 3.43. The van der Waals surface area contributed by atoms with Gasteiger partial charge in [0.05, 0.1) is 0 Å². The Kier molecular flexibility index (Phi) is 3.06. The Bertz CT molecular complexity index is 436. The first-order valence-electron chi connectivity index (χ1n) is 4.68. The van der Waals surface area contributed by atoms with Crippen molar-refractivity contribution >= 4 is 33.0 Å². The van der Waals surface area contributed by atoms with Crippen molar-refractivity contribution in [2.75, 3.05) is 6.54 Å². The Morgan fingerprint density at radius 2 is 2.21 bits per heavy atom. The predicted molar refractivity (Wildman–Crippen MR) is 64.2 cm³/mol. The van der Waals surface area contributed by atoms with E-state index in [0.717, 1.165) is 18.1 Å². The summed E-state index contributed by atoms with van der Waals surface area (Å²) in [6.07, 6.45) is 0. The number of rotatable bonds is 3. The number of thiophene rings is 1. The third kappa shape index (κ3) is 2.08. The van der Waals surface area contributed by atoms with Crippen molar-refractivity contribution in [1.29, 1.82) is 0 Å². The molecule has 1 heterocycles. The van der Waals surface area contributed by atoms with Gasteiger partial charge in [-0.15, -0.1) is 11.3 Å². The lowest BCUT2D eigenvalue weighted by Gasteiger charge is -1.94. The number of fused-ring (bicyclic) bond motifs is 1. The van der Waals surface area contributed by atoms with Gasteiger partial charge in [-0.2, -0.15) is 0 Å². The molecule has 0 fully saturated rings. The topological polar surface area (TPSA) is 12.0 Å². The smallest absolute Gasteiger partial charge is 0.0412 e. The molecule has 1 N–H and O–H groups in total. The molecule has 1 aromatic carbocycles. The van der Waals surface area contributed by atoms with Crippen LogP contribution in [0.25, 0.3) is 10.1 Å². The van der Waals surface area contributed by atoms with Gasteiger partial charge in [-0.3, -0.25) is 0 Å². The zero-order valence-corrected chi connectivity index (χ0v) is 9.58. The number of halogens is 1. The van der Waals surface area contributed by atoms with Crippen LogP contribution < -0.4 is 5.32 Å². The van der Waals surface area contributed by atoms with Crippen LogP contribution in [-0.4, -0.2) is 6.54 Å². The second-order valence-electron chi connectivity index (χ2n) is 3.18. The van der Waals surface area contributed by atoms with Gasteiger partial charge >= 0.3 is 0 Å². The molecule has 0 aliphatic rings. The molecule has 0 bridgehead atoms. The van der Waals surface area contributed by atoms with Gasteiger partial charge in [0, 0.05) is 21.1 Å². The fraction of sp³-hybridized carbons (Fsp3) is 0.273. The SMILES string of the molecule is CCNCc1cc2cc(Cl)ccc2s1. The molecule has 0 saturated heterocycles. The highest BCUT2D eigenvalue weighted by molar-refractivity contribution is 7.19. The van der Waals surface area contributed by atoms with Crippen molar-refractivity contribution in [1.82, 2.24) is 5.32 Å². The molecule has 3 heteroatoms. The quantitative estimate of drug-likeness (QED) is 0.841. The molecule has 0 atom stereocenters. The van der Waals surface area contributed by atoms with Crippen LogP contribution in [0.2, 0.25) is 5.02 Å². The van der Waals surface area contributed by atoms with Gasteiger partial charge in [-0.1, -0.05) is 18.5 Å². The fourth-order valence-electron chi connectivity index (χ4n) is 1.40. The largest absolute Gasteiger partial charge is 0.312 e. The van der Waals surface area contributed by atoms with Gasteiger partial charge in [0.15, 0.2) is 0 Å². The summed E-state index contributed by atoms with van der Waals surface area (Å²) in [5, 5.41) is 5.37. The van der Waals surface area contributed by atoms with Gasteiger partial charge < -0.3 is 5.32 Å². The van der Waals surface area contributed by atoms with E-state index in [0.29, 0.717) is 0 Å². The first kappa shape index (κ1) is 9.97. The average Bonchev–Trinajstić information content (AvgIpc) is 2.56. The van der Waals surface area contributed by atoms with Gasteiger partial charge in [-0.25, -0.2) is 0 Å². The van der Waals surface area contributed by atoms with E-state index in [9.17, 15) is 0 Å². The van der Waals surface area contributed by atoms with Crippen molar-refractivity contribution in [3.8, 4) is 0 Å². The highest BCUT2D eigenvalue weighted by Gasteiger charge is 2.01. The summed E-state index contributed by atoms with van der Waals surface area (Å²) < 4.78 is 1.31. The summed E-state index contributed by atoms with van der Waals surface area (Å²) in [7, 11) is 0. The Balaban J connectivity index is 2.32. The molecular weight excluding hydrogens is 214 g/mol. The van der Waals surface area contributed by atoms with Crippen LogP contribution in [-0.2, 0) is 6.54 Å². The van der Waals surface area contributed by atoms with Crippen molar-refractivity contribution < 1.29 is 0 Å². The van der Waals surface area contributed by atoms with Crippen molar-refractivity contribution in [2.24, 2.45) is 0 Å². The highest BCUT2D eigenvalue weighted by Crippen LogP contribution is 2.27. The minimum Gasteiger partial charge on any atom is -0.312 e. The summed E-state index contributed by atoms with van der Waals surface area (Å²) in [4.78, 5) is 1.36. The van der Waals surface area contributed by atoms with Gasteiger partial charge in [0.1, 0.15) is 0 Å². The van der Waals surface area contributed by atoms with E-state index in [1.807, 2.05) is 23.5 Å². The second-order valence-corrected chi connectivity index (χ2v) is 4.78. The maximum Gasteiger partial charge on any atom is 0.0412 e. The second kappa shape index (κ2) is 4.30. The molecule has 0 amide bonds. The molecule has 14 heavy (non-hydrogen) atoms. The number of hydrogen-bond acceptors (Lipinski definition) is 2. The summed E-state index contributed by atoms with van der Waals surface area (Å²) in [5.41, 5.74) is 0. The number of nitrogens with one attached hydrogen (secondary N) is 1. The van der Waals surface area contributed by atoms with Crippen LogP contribution >= 0.6 is 22.9 Å². The lowest BCUT2D eigenvalue weighted by atomic mass is 10.2. The monoisotopic (exact) mass is 225 g/mol. The maximum absolute atomic E-state index is 5.92. The minimum atomic E-state index is 0.810. The summed E-state index contributed by atoms with van der Waals surface area (Å²) in [6.45, 7) is 4.08. The molecule has 0 unspecified atom stereocenters. The van der Waals surface area contributed by atoms with E-state index in [1.54, 1.807) is 0 Å². The van der Waals surface area contributed by atoms with Crippen LogP contribution in [0.4, 0.5) is 0 Å². The zero-order valence-electron chi connectivity index (χ0n) is 8.01. The van der Waals surface area contributed by atoms with Crippen LogP contribution in [0.15, 0.2) is 24.3 Å². The van der Waals surface area contributed by atoms with Crippen LogP contribution in [0.3, 0.4) is 0 Å². The van der Waals surface area contributed by atoms with Crippen LogP contribution in [0.5, 0.6) is 0 Å². The van der Waals surface area contributed by atoms with E-state index >= 15 is 0 Å². The van der Waals surface area contributed by atoms with Crippen LogP contribution in [0, 0.1) is 0 Å². The molecule has 1 aromatic heterocycles. The van der Waals surface area contributed by atoms with E-state index in [-0.39, 0.29) is 0 Å². The molecule has 74 valence electrons. The van der Waals surface area contributed by atoms with Gasteiger partial charge in [-0.05, 0) is 36.2 Å². The standard InChI is InChI=1S/C11H12ClNS/c1-2-13-7-10-6-8-5-9(12)3-4-11(8)14-10/h3-6,13H,2,7H2,1H3. The van der Waals surface area contributed by atoms with Gasteiger partial charge in [0.25, 0.3) is 0 Å². The lowest BCUT2D eigenvalue weighted by molar-refractivity contribution is 0.736. The molecule has 0 saturated carbocycles.